The SMILES string of the molecule is Cc1nc2cc(OCCN(C)C)ccn2c1-c1csc(C2(c3ccc(C(=O)NO)cc3)CCOCC2)n1. The second kappa shape index (κ2) is 10.6. The molecule has 37 heavy (non-hydrogen) atoms. The maximum Gasteiger partial charge on any atom is 0.274 e. The van der Waals surface area contributed by atoms with Gasteiger partial charge in [0.2, 0.25) is 0 Å². The Morgan fingerprint density at radius 3 is 2.68 bits per heavy atom. The molecule has 0 bridgehead atoms. The predicted octanol–water partition coefficient (Wildman–Crippen LogP) is 3.92. The first-order valence-electron chi connectivity index (χ1n) is 12.3. The molecule has 2 N–H and O–H groups in total. The number of ether oxygens (including phenoxy) is 2. The molecule has 0 radical (unpaired) electrons. The van der Waals surface area contributed by atoms with Crippen LogP contribution in [0.2, 0.25) is 0 Å². The van der Waals surface area contributed by atoms with Gasteiger partial charge in [0.05, 0.1) is 16.8 Å². The molecule has 1 fully saturated rings. The summed E-state index contributed by atoms with van der Waals surface area (Å²) in [4.78, 5) is 23.8. The van der Waals surface area contributed by atoms with Crippen LogP contribution in [0.4, 0.5) is 0 Å². The van der Waals surface area contributed by atoms with Crippen LogP contribution in [-0.2, 0) is 10.2 Å². The van der Waals surface area contributed by atoms with Crippen molar-refractivity contribution in [1.82, 2.24) is 24.7 Å². The molecule has 1 aliphatic rings. The quantitative estimate of drug-likeness (QED) is 0.268. The average molecular weight is 522 g/mol. The normalized spacial score (nSPS) is 15.3. The van der Waals surface area contributed by atoms with Crippen molar-refractivity contribution in [2.24, 2.45) is 0 Å². The molecule has 194 valence electrons. The van der Waals surface area contributed by atoms with Gasteiger partial charge in [-0.3, -0.25) is 14.4 Å². The summed E-state index contributed by atoms with van der Waals surface area (Å²) in [6.45, 7) is 4.74. The average Bonchev–Trinajstić information content (AvgIpc) is 3.52. The zero-order chi connectivity index (χ0) is 26.0. The van der Waals surface area contributed by atoms with Crippen LogP contribution in [0.5, 0.6) is 5.75 Å². The van der Waals surface area contributed by atoms with Gasteiger partial charge in [-0.25, -0.2) is 15.4 Å². The lowest BCUT2D eigenvalue weighted by Crippen LogP contribution is -2.35. The van der Waals surface area contributed by atoms with Gasteiger partial charge in [-0.2, -0.15) is 0 Å². The topological polar surface area (TPSA) is 101 Å². The summed E-state index contributed by atoms with van der Waals surface area (Å²) in [5.41, 5.74) is 6.45. The van der Waals surface area contributed by atoms with Crippen molar-refractivity contribution in [3.63, 3.8) is 0 Å². The molecule has 0 saturated carbocycles. The number of carbonyl (C=O) groups is 1. The maximum atomic E-state index is 11.8. The van der Waals surface area contributed by atoms with Crippen LogP contribution in [0.3, 0.4) is 0 Å². The van der Waals surface area contributed by atoms with E-state index in [0.717, 1.165) is 58.4 Å². The monoisotopic (exact) mass is 521 g/mol. The highest BCUT2D eigenvalue weighted by atomic mass is 32.1. The molecule has 0 atom stereocenters. The first-order valence-corrected chi connectivity index (χ1v) is 13.1. The first kappa shape index (κ1) is 25.3. The standard InChI is InChI=1S/C27H31N5O4S/c1-18-24(32-11-8-21(16-23(32)28-18)36-15-12-31(2)3)22-17-37-26(29-22)27(9-13-35-14-10-27)20-6-4-19(5-7-20)25(33)30-34/h4-8,11,16-17,34H,9-10,12-15H2,1-3H3,(H,30,33). The lowest BCUT2D eigenvalue weighted by Gasteiger charge is -2.36. The molecule has 1 aliphatic heterocycles. The lowest BCUT2D eigenvalue weighted by molar-refractivity contribution is 0.0629. The van der Waals surface area contributed by atoms with Crippen LogP contribution < -0.4 is 10.2 Å². The Hall–Kier alpha value is -3.31. The molecular weight excluding hydrogens is 490 g/mol. The summed E-state index contributed by atoms with van der Waals surface area (Å²) < 4.78 is 13.7. The predicted molar refractivity (Wildman–Crippen MR) is 142 cm³/mol. The summed E-state index contributed by atoms with van der Waals surface area (Å²) >= 11 is 1.64. The zero-order valence-corrected chi connectivity index (χ0v) is 22.0. The van der Waals surface area contributed by atoms with Crippen molar-refractivity contribution < 1.29 is 19.5 Å². The number of nitrogens with zero attached hydrogens (tertiary/aromatic N) is 4. The summed E-state index contributed by atoms with van der Waals surface area (Å²) in [7, 11) is 4.04. The second-order valence-corrected chi connectivity index (χ2v) is 10.4. The summed E-state index contributed by atoms with van der Waals surface area (Å²) in [6, 6.07) is 11.3. The van der Waals surface area contributed by atoms with Crippen LogP contribution >= 0.6 is 11.3 Å². The number of likely N-dealkylation sites (N-methyl/N-ethyl adjacent to an activating group) is 1. The number of hydrogen-bond acceptors (Lipinski definition) is 8. The minimum Gasteiger partial charge on any atom is -0.492 e. The van der Waals surface area contributed by atoms with Gasteiger partial charge in [-0.05, 0) is 57.6 Å². The largest absolute Gasteiger partial charge is 0.492 e. The minimum absolute atomic E-state index is 0.308. The fourth-order valence-electron chi connectivity index (χ4n) is 4.84. The van der Waals surface area contributed by atoms with E-state index in [-0.39, 0.29) is 5.41 Å². The van der Waals surface area contributed by atoms with Crippen LogP contribution in [0.15, 0.2) is 48.0 Å². The third-order valence-corrected chi connectivity index (χ3v) is 7.93. The van der Waals surface area contributed by atoms with E-state index < -0.39 is 5.91 Å². The number of amides is 1. The Morgan fingerprint density at radius 1 is 1.22 bits per heavy atom. The van der Waals surface area contributed by atoms with Crippen LogP contribution in [0, 0.1) is 6.92 Å². The van der Waals surface area contributed by atoms with E-state index in [1.54, 1.807) is 28.9 Å². The fraction of sp³-hybridized carbons (Fsp3) is 0.370. The van der Waals surface area contributed by atoms with Crippen LogP contribution in [0.1, 0.15) is 39.5 Å². The second-order valence-electron chi connectivity index (χ2n) is 9.54. The van der Waals surface area contributed by atoms with E-state index in [0.29, 0.717) is 25.4 Å². The number of imidazole rings is 1. The third kappa shape index (κ3) is 4.97. The van der Waals surface area contributed by atoms with Gasteiger partial charge in [0, 0.05) is 43.0 Å². The van der Waals surface area contributed by atoms with Crippen molar-refractivity contribution in [3.8, 4) is 17.1 Å². The van der Waals surface area contributed by atoms with E-state index >= 15 is 0 Å². The number of aryl methyl sites for hydroxylation is 1. The molecule has 1 amide bonds. The Balaban J connectivity index is 1.48. The number of rotatable bonds is 8. The van der Waals surface area contributed by atoms with Crippen molar-refractivity contribution >= 4 is 22.9 Å². The number of aromatic nitrogens is 3. The van der Waals surface area contributed by atoms with Gasteiger partial charge >= 0.3 is 0 Å². The van der Waals surface area contributed by atoms with Gasteiger partial charge < -0.3 is 14.4 Å². The number of hydroxylamine groups is 1. The van der Waals surface area contributed by atoms with E-state index in [4.69, 9.17) is 24.6 Å². The smallest absolute Gasteiger partial charge is 0.274 e. The minimum atomic E-state index is -0.529. The van der Waals surface area contributed by atoms with Crippen molar-refractivity contribution in [1.29, 1.82) is 0 Å². The summed E-state index contributed by atoms with van der Waals surface area (Å²) in [5, 5.41) is 12.1. The van der Waals surface area contributed by atoms with Crippen LogP contribution in [-0.4, -0.2) is 70.8 Å². The number of hydrogen-bond donors (Lipinski definition) is 2. The first-order chi connectivity index (χ1) is 17.9. The number of nitrogens with one attached hydrogen (secondary N) is 1. The van der Waals surface area contributed by atoms with Crippen molar-refractivity contribution in [3.05, 3.63) is 69.8 Å². The van der Waals surface area contributed by atoms with Gasteiger partial charge in [-0.15, -0.1) is 11.3 Å². The van der Waals surface area contributed by atoms with E-state index in [1.165, 1.54) is 0 Å². The Kier molecular flexibility index (Phi) is 7.25. The zero-order valence-electron chi connectivity index (χ0n) is 21.2. The van der Waals surface area contributed by atoms with Crippen molar-refractivity contribution in [2.45, 2.75) is 25.2 Å². The summed E-state index contributed by atoms with van der Waals surface area (Å²) in [5.74, 6) is 0.266. The molecule has 1 saturated heterocycles. The molecule has 3 aromatic heterocycles. The van der Waals surface area contributed by atoms with E-state index in [2.05, 4.69) is 14.7 Å². The number of thiazole rings is 1. The third-order valence-electron chi connectivity index (χ3n) is 6.88. The maximum absolute atomic E-state index is 11.8. The lowest BCUT2D eigenvalue weighted by atomic mass is 9.74. The molecule has 1 aromatic carbocycles. The number of carbonyl (C=O) groups excluding carboxylic acids is 1. The fourth-order valence-corrected chi connectivity index (χ4v) is 5.93. The Labute approximate surface area is 219 Å². The molecule has 0 unspecified atom stereocenters. The Bertz CT molecular complexity index is 1390. The molecule has 9 nitrogen and oxygen atoms in total. The van der Waals surface area contributed by atoms with Crippen LogP contribution in [0.25, 0.3) is 17.0 Å². The number of benzene rings is 1. The summed E-state index contributed by atoms with van der Waals surface area (Å²) in [6.07, 6.45) is 3.58. The van der Waals surface area contributed by atoms with Crippen molar-refractivity contribution in [2.75, 3.05) is 40.5 Å². The molecule has 4 aromatic rings. The van der Waals surface area contributed by atoms with E-state index in [9.17, 15) is 4.79 Å². The molecule has 5 rings (SSSR count). The molecule has 10 heteroatoms. The van der Waals surface area contributed by atoms with E-state index in [1.807, 2.05) is 51.5 Å². The van der Waals surface area contributed by atoms with Gasteiger partial charge in [0.1, 0.15) is 28.7 Å². The highest BCUT2D eigenvalue weighted by Crippen LogP contribution is 2.44. The highest BCUT2D eigenvalue weighted by molar-refractivity contribution is 7.10. The highest BCUT2D eigenvalue weighted by Gasteiger charge is 2.39. The Morgan fingerprint density at radius 2 is 1.97 bits per heavy atom. The number of pyridine rings is 1. The molecular formula is C27H31N5O4S. The molecule has 0 aliphatic carbocycles. The number of fused-ring (bicyclic) bond motifs is 1. The van der Waals surface area contributed by atoms with Gasteiger partial charge in [0.15, 0.2) is 0 Å². The van der Waals surface area contributed by atoms with Gasteiger partial charge in [0.25, 0.3) is 5.91 Å². The van der Waals surface area contributed by atoms with Gasteiger partial charge in [-0.1, -0.05) is 12.1 Å². The molecule has 0 spiro atoms. The molecule has 4 heterocycles.